The summed E-state index contributed by atoms with van der Waals surface area (Å²) in [6, 6.07) is 8.42. The molecule has 1 unspecified atom stereocenters. The second kappa shape index (κ2) is 4.78. The van der Waals surface area contributed by atoms with E-state index in [9.17, 15) is 4.79 Å². The number of carbonyl (C=O) groups is 1. The number of benzene rings is 1. The lowest BCUT2D eigenvalue weighted by atomic mass is 10.1. The standard InChI is InChI=1S/C15H16N2OS/c1-10-7-12-5-3-4-6-13(12)17(10)15(18)8-14-11(2)16-9-19-14/h3-6,9-10H,7-8H2,1-2H3. The second-order valence-electron chi connectivity index (χ2n) is 4.98. The summed E-state index contributed by atoms with van der Waals surface area (Å²) in [6.07, 6.45) is 1.40. The molecule has 1 amide bonds. The molecule has 0 saturated carbocycles. The van der Waals surface area contributed by atoms with E-state index in [0.717, 1.165) is 22.7 Å². The first-order chi connectivity index (χ1) is 9.16. The Labute approximate surface area is 116 Å². The molecule has 0 fully saturated rings. The quantitative estimate of drug-likeness (QED) is 0.842. The van der Waals surface area contributed by atoms with Crippen molar-refractivity contribution in [2.75, 3.05) is 4.90 Å². The number of nitrogens with zero attached hydrogens (tertiary/aromatic N) is 2. The van der Waals surface area contributed by atoms with Gasteiger partial charge in [0.25, 0.3) is 0 Å². The van der Waals surface area contributed by atoms with Crippen LogP contribution in [0.4, 0.5) is 5.69 Å². The van der Waals surface area contributed by atoms with Crippen LogP contribution in [-0.2, 0) is 17.6 Å². The molecule has 0 bridgehead atoms. The first-order valence-corrected chi connectivity index (χ1v) is 7.33. The Balaban J connectivity index is 1.86. The Morgan fingerprint density at radius 2 is 2.26 bits per heavy atom. The Morgan fingerprint density at radius 1 is 1.47 bits per heavy atom. The van der Waals surface area contributed by atoms with E-state index in [1.54, 1.807) is 16.8 Å². The van der Waals surface area contributed by atoms with Crippen molar-refractivity contribution in [3.8, 4) is 0 Å². The van der Waals surface area contributed by atoms with Crippen molar-refractivity contribution in [2.24, 2.45) is 0 Å². The molecule has 3 rings (SSSR count). The SMILES string of the molecule is Cc1ncsc1CC(=O)N1c2ccccc2CC1C. The average molecular weight is 272 g/mol. The number of anilines is 1. The maximum Gasteiger partial charge on any atom is 0.232 e. The molecule has 1 aromatic carbocycles. The number of rotatable bonds is 2. The summed E-state index contributed by atoms with van der Waals surface area (Å²) in [5.41, 5.74) is 5.12. The van der Waals surface area contributed by atoms with E-state index < -0.39 is 0 Å². The van der Waals surface area contributed by atoms with Gasteiger partial charge in [0, 0.05) is 16.6 Å². The topological polar surface area (TPSA) is 33.2 Å². The summed E-state index contributed by atoms with van der Waals surface area (Å²) in [7, 11) is 0. The van der Waals surface area contributed by atoms with Crippen molar-refractivity contribution in [1.29, 1.82) is 0 Å². The fourth-order valence-electron chi connectivity index (χ4n) is 2.66. The highest BCUT2D eigenvalue weighted by atomic mass is 32.1. The number of carbonyl (C=O) groups excluding carboxylic acids is 1. The third kappa shape index (κ3) is 2.16. The average Bonchev–Trinajstić information content (AvgIpc) is 2.92. The minimum Gasteiger partial charge on any atom is -0.309 e. The van der Waals surface area contributed by atoms with E-state index in [1.165, 1.54) is 5.56 Å². The van der Waals surface area contributed by atoms with Crippen LogP contribution < -0.4 is 4.90 Å². The summed E-state index contributed by atoms with van der Waals surface area (Å²) in [4.78, 5) is 19.8. The van der Waals surface area contributed by atoms with Gasteiger partial charge in [-0.05, 0) is 31.9 Å². The fraction of sp³-hybridized carbons (Fsp3) is 0.333. The molecular formula is C15H16N2OS. The normalized spacial score (nSPS) is 17.6. The van der Waals surface area contributed by atoms with Gasteiger partial charge in [0.2, 0.25) is 5.91 Å². The van der Waals surface area contributed by atoms with Crippen molar-refractivity contribution in [1.82, 2.24) is 4.98 Å². The van der Waals surface area contributed by atoms with Gasteiger partial charge in [0.15, 0.2) is 0 Å². The van der Waals surface area contributed by atoms with E-state index >= 15 is 0 Å². The molecule has 1 atom stereocenters. The fourth-order valence-corrected chi connectivity index (χ4v) is 3.43. The van der Waals surface area contributed by atoms with Crippen LogP contribution >= 0.6 is 11.3 Å². The van der Waals surface area contributed by atoms with Crippen molar-refractivity contribution in [3.63, 3.8) is 0 Å². The number of thiazole rings is 1. The molecule has 2 aromatic rings. The number of aromatic nitrogens is 1. The minimum absolute atomic E-state index is 0.171. The Hall–Kier alpha value is -1.68. The number of para-hydroxylation sites is 1. The first-order valence-electron chi connectivity index (χ1n) is 6.45. The van der Waals surface area contributed by atoms with Crippen molar-refractivity contribution in [2.45, 2.75) is 32.7 Å². The smallest absolute Gasteiger partial charge is 0.232 e. The highest BCUT2D eigenvalue weighted by Gasteiger charge is 2.30. The lowest BCUT2D eigenvalue weighted by Gasteiger charge is -2.22. The van der Waals surface area contributed by atoms with Gasteiger partial charge in [-0.25, -0.2) is 4.98 Å². The zero-order chi connectivity index (χ0) is 13.4. The van der Waals surface area contributed by atoms with Gasteiger partial charge in [0.1, 0.15) is 0 Å². The van der Waals surface area contributed by atoms with Gasteiger partial charge >= 0.3 is 0 Å². The van der Waals surface area contributed by atoms with E-state index in [0.29, 0.717) is 6.42 Å². The highest BCUT2D eigenvalue weighted by Crippen LogP contribution is 2.32. The van der Waals surface area contributed by atoms with Crippen molar-refractivity contribution < 1.29 is 4.79 Å². The summed E-state index contributed by atoms with van der Waals surface area (Å²) in [5.74, 6) is 0.171. The molecule has 3 nitrogen and oxygen atoms in total. The van der Waals surface area contributed by atoms with Crippen LogP contribution in [0, 0.1) is 6.92 Å². The van der Waals surface area contributed by atoms with E-state index in [4.69, 9.17) is 0 Å². The van der Waals surface area contributed by atoms with Crippen LogP contribution in [0.25, 0.3) is 0 Å². The molecule has 0 aliphatic carbocycles. The number of hydrogen-bond acceptors (Lipinski definition) is 3. The molecular weight excluding hydrogens is 256 g/mol. The van der Waals surface area contributed by atoms with Gasteiger partial charge in [-0.1, -0.05) is 18.2 Å². The summed E-state index contributed by atoms with van der Waals surface area (Å²) >= 11 is 1.56. The third-order valence-electron chi connectivity index (χ3n) is 3.63. The largest absolute Gasteiger partial charge is 0.309 e. The minimum atomic E-state index is 0.171. The lowest BCUT2D eigenvalue weighted by Crippen LogP contribution is -2.36. The van der Waals surface area contributed by atoms with Crippen LogP contribution in [0.1, 0.15) is 23.1 Å². The maximum atomic E-state index is 12.5. The number of aryl methyl sites for hydroxylation is 1. The highest BCUT2D eigenvalue weighted by molar-refractivity contribution is 7.09. The number of fused-ring (bicyclic) bond motifs is 1. The second-order valence-corrected chi connectivity index (χ2v) is 5.92. The van der Waals surface area contributed by atoms with E-state index in [1.807, 2.05) is 30.0 Å². The van der Waals surface area contributed by atoms with Gasteiger partial charge < -0.3 is 4.90 Å². The van der Waals surface area contributed by atoms with E-state index in [-0.39, 0.29) is 11.9 Å². The molecule has 1 aliphatic heterocycles. The van der Waals surface area contributed by atoms with Gasteiger partial charge in [0.05, 0.1) is 17.6 Å². The molecule has 4 heteroatoms. The van der Waals surface area contributed by atoms with Crippen LogP contribution in [0.15, 0.2) is 29.8 Å². The molecule has 1 aliphatic rings. The predicted octanol–water partition coefficient (Wildman–Crippen LogP) is 2.97. The predicted molar refractivity (Wildman–Crippen MR) is 77.6 cm³/mol. The summed E-state index contributed by atoms with van der Waals surface area (Å²) in [5, 5.41) is 0. The first kappa shape index (κ1) is 12.4. The molecule has 19 heavy (non-hydrogen) atoms. The zero-order valence-corrected chi connectivity index (χ0v) is 11.9. The molecule has 0 radical (unpaired) electrons. The van der Waals surface area contributed by atoms with Gasteiger partial charge in [-0.3, -0.25) is 4.79 Å². The third-order valence-corrected chi connectivity index (χ3v) is 4.57. The van der Waals surface area contributed by atoms with Crippen LogP contribution in [0.2, 0.25) is 0 Å². The van der Waals surface area contributed by atoms with Gasteiger partial charge in [-0.2, -0.15) is 0 Å². The zero-order valence-electron chi connectivity index (χ0n) is 11.1. The Kier molecular flexibility index (Phi) is 3.11. The molecule has 0 spiro atoms. The lowest BCUT2D eigenvalue weighted by molar-refractivity contribution is -0.118. The maximum absolute atomic E-state index is 12.5. The Morgan fingerprint density at radius 3 is 3.00 bits per heavy atom. The van der Waals surface area contributed by atoms with E-state index in [2.05, 4.69) is 18.0 Å². The molecule has 0 saturated heterocycles. The molecule has 2 heterocycles. The van der Waals surface area contributed by atoms with Crippen LogP contribution in [0.5, 0.6) is 0 Å². The molecule has 98 valence electrons. The van der Waals surface area contributed by atoms with Crippen molar-refractivity contribution in [3.05, 3.63) is 45.9 Å². The molecule has 0 N–H and O–H groups in total. The number of hydrogen-bond donors (Lipinski definition) is 0. The molecule has 1 aromatic heterocycles. The summed E-state index contributed by atoms with van der Waals surface area (Å²) in [6.45, 7) is 4.07. The number of amides is 1. The monoisotopic (exact) mass is 272 g/mol. The Bertz CT molecular complexity index is 620. The van der Waals surface area contributed by atoms with Crippen LogP contribution in [-0.4, -0.2) is 16.9 Å². The summed E-state index contributed by atoms with van der Waals surface area (Å²) < 4.78 is 0. The van der Waals surface area contributed by atoms with Crippen molar-refractivity contribution >= 4 is 22.9 Å². The van der Waals surface area contributed by atoms with Crippen LogP contribution in [0.3, 0.4) is 0 Å². The van der Waals surface area contributed by atoms with Gasteiger partial charge in [-0.15, -0.1) is 11.3 Å².